The van der Waals surface area contributed by atoms with E-state index in [-0.39, 0.29) is 10.8 Å². The van der Waals surface area contributed by atoms with E-state index in [9.17, 15) is 4.91 Å². The molecule has 0 saturated carbocycles. The fraction of sp³-hybridized carbons (Fsp3) is 0.387. The third-order valence-electron chi connectivity index (χ3n) is 7.60. The van der Waals surface area contributed by atoms with Gasteiger partial charge in [0.1, 0.15) is 7.05 Å². The average Bonchev–Trinajstić information content (AvgIpc) is 3.18. The van der Waals surface area contributed by atoms with Crippen LogP contribution in [0.4, 0.5) is 11.4 Å². The Morgan fingerprint density at radius 3 is 2.31 bits per heavy atom. The Morgan fingerprint density at radius 1 is 0.857 bits per heavy atom. The minimum Gasteiger partial charge on any atom is -0.344 e. The number of rotatable bonds is 9. The molecule has 0 aliphatic carbocycles. The second kappa shape index (κ2) is 10.2. The molecule has 0 radical (unpaired) electrons. The molecule has 0 amide bonds. The Morgan fingerprint density at radius 2 is 1.57 bits per heavy atom. The van der Waals surface area contributed by atoms with Crippen molar-refractivity contribution in [3.05, 3.63) is 101 Å². The van der Waals surface area contributed by atoms with Crippen molar-refractivity contribution in [1.29, 1.82) is 0 Å². The zero-order valence-electron chi connectivity index (χ0n) is 21.8. The topological polar surface area (TPSA) is 35.7 Å². The summed E-state index contributed by atoms with van der Waals surface area (Å²) in [5.74, 6) is 0. The molecule has 2 heterocycles. The lowest BCUT2D eigenvalue weighted by Gasteiger charge is -2.27. The van der Waals surface area contributed by atoms with Gasteiger partial charge in [-0.3, -0.25) is 0 Å². The highest BCUT2D eigenvalue weighted by molar-refractivity contribution is 6.03. The first kappa shape index (κ1) is 24.8. The molecule has 0 spiro atoms. The van der Waals surface area contributed by atoms with Crippen LogP contribution in [0.1, 0.15) is 58.1 Å². The summed E-state index contributed by atoms with van der Waals surface area (Å²) >= 11 is 0. The van der Waals surface area contributed by atoms with Gasteiger partial charge in [0.05, 0.1) is 12.0 Å². The normalized spacial score (nSPS) is 19.2. The van der Waals surface area contributed by atoms with Crippen LogP contribution in [0.15, 0.2) is 89.8 Å². The SMILES string of the molecule is C[N+]1=C(/C=C/C=C/C=C2/N(CCCCCN=O)c3ccccc3C2(C)C)C(C)(C)c2ccccc21. The van der Waals surface area contributed by atoms with Crippen molar-refractivity contribution in [2.24, 2.45) is 5.18 Å². The summed E-state index contributed by atoms with van der Waals surface area (Å²) in [4.78, 5) is 12.9. The summed E-state index contributed by atoms with van der Waals surface area (Å²) in [5.41, 5.74) is 7.87. The molecule has 0 aromatic heterocycles. The minimum absolute atomic E-state index is 0.0145. The smallest absolute Gasteiger partial charge is 0.209 e. The number of anilines is 1. The van der Waals surface area contributed by atoms with Crippen molar-refractivity contribution < 1.29 is 4.58 Å². The molecule has 2 aromatic carbocycles. The van der Waals surface area contributed by atoms with Gasteiger partial charge >= 0.3 is 0 Å². The van der Waals surface area contributed by atoms with Gasteiger partial charge in [-0.15, -0.1) is 0 Å². The molecule has 4 heteroatoms. The Bertz CT molecular complexity index is 1210. The predicted octanol–water partition coefficient (Wildman–Crippen LogP) is 7.42. The first-order valence-electron chi connectivity index (χ1n) is 12.7. The maximum atomic E-state index is 10.4. The van der Waals surface area contributed by atoms with Crippen molar-refractivity contribution in [3.8, 4) is 0 Å². The van der Waals surface area contributed by atoms with Crippen LogP contribution in [0.5, 0.6) is 0 Å². The first-order chi connectivity index (χ1) is 16.8. The number of nitroso groups, excluding NO2 is 1. The number of hydrogen-bond donors (Lipinski definition) is 0. The largest absolute Gasteiger partial charge is 0.344 e. The molecular formula is C31H38N3O+. The van der Waals surface area contributed by atoms with E-state index in [4.69, 9.17) is 0 Å². The second-order valence-corrected chi connectivity index (χ2v) is 10.6. The summed E-state index contributed by atoms with van der Waals surface area (Å²) in [5, 5.41) is 3.00. The standard InChI is InChI=1S/C31H38N3O/c1-30(2)24-16-10-12-18-26(24)33(5)28(30)20-8-6-9-21-29-31(3,4)25-17-11-13-19-27(25)34(29)23-15-7-14-22-32-35/h6,8-13,16-21H,7,14-15,22-23H2,1-5H3/q+1. The van der Waals surface area contributed by atoms with Gasteiger partial charge in [0.25, 0.3) is 0 Å². The van der Waals surface area contributed by atoms with Crippen molar-refractivity contribution in [3.63, 3.8) is 0 Å². The number of nitrogens with zero attached hydrogens (tertiary/aromatic N) is 3. The molecule has 0 fully saturated rings. The third kappa shape index (κ3) is 4.67. The molecule has 0 unspecified atom stereocenters. The van der Waals surface area contributed by atoms with Crippen LogP contribution in [0, 0.1) is 4.91 Å². The van der Waals surface area contributed by atoms with Crippen LogP contribution < -0.4 is 4.90 Å². The molecule has 2 aromatic rings. The lowest BCUT2D eigenvalue weighted by molar-refractivity contribution is -0.401. The Hall–Kier alpha value is -3.27. The first-order valence-corrected chi connectivity index (χ1v) is 12.7. The molecule has 4 nitrogen and oxygen atoms in total. The highest BCUT2D eigenvalue weighted by Gasteiger charge is 2.42. The molecule has 0 N–H and O–H groups in total. The molecule has 35 heavy (non-hydrogen) atoms. The van der Waals surface area contributed by atoms with Crippen LogP contribution in [-0.2, 0) is 10.8 Å². The summed E-state index contributed by atoms with van der Waals surface area (Å²) in [6, 6.07) is 17.4. The summed E-state index contributed by atoms with van der Waals surface area (Å²) < 4.78 is 2.30. The van der Waals surface area contributed by atoms with Crippen molar-refractivity contribution >= 4 is 17.1 Å². The number of unbranched alkanes of at least 4 members (excludes halogenated alkanes) is 2. The Balaban J connectivity index is 1.53. The van der Waals surface area contributed by atoms with Gasteiger partial charge in [-0.25, -0.2) is 0 Å². The van der Waals surface area contributed by atoms with E-state index in [0.29, 0.717) is 6.54 Å². The number of fused-ring (bicyclic) bond motifs is 2. The molecule has 4 rings (SSSR count). The van der Waals surface area contributed by atoms with Gasteiger partial charge in [-0.05, 0) is 50.8 Å². The molecule has 182 valence electrons. The summed E-state index contributed by atoms with van der Waals surface area (Å²) in [7, 11) is 2.15. The van der Waals surface area contributed by atoms with Crippen molar-refractivity contribution in [2.75, 3.05) is 25.0 Å². The van der Waals surface area contributed by atoms with E-state index in [1.807, 2.05) is 0 Å². The fourth-order valence-corrected chi connectivity index (χ4v) is 5.66. The average molecular weight is 469 g/mol. The van der Waals surface area contributed by atoms with Crippen molar-refractivity contribution in [1.82, 2.24) is 0 Å². The Kier molecular flexibility index (Phi) is 7.20. The minimum atomic E-state index is -0.0565. The van der Waals surface area contributed by atoms with E-state index < -0.39 is 0 Å². The number of benzene rings is 2. The summed E-state index contributed by atoms with van der Waals surface area (Å²) in [6.45, 7) is 10.6. The fourth-order valence-electron chi connectivity index (χ4n) is 5.66. The van der Waals surface area contributed by atoms with E-state index in [2.05, 4.69) is 128 Å². The number of hydrogen-bond acceptors (Lipinski definition) is 3. The van der Waals surface area contributed by atoms with Gasteiger partial charge in [-0.1, -0.05) is 73.7 Å². The van der Waals surface area contributed by atoms with Crippen LogP contribution >= 0.6 is 0 Å². The molecule has 0 saturated heterocycles. The van der Waals surface area contributed by atoms with E-state index in [1.54, 1.807) is 0 Å². The van der Waals surface area contributed by atoms with Gasteiger partial charge in [0.15, 0.2) is 5.71 Å². The molecular weight excluding hydrogens is 430 g/mol. The lowest BCUT2D eigenvalue weighted by Crippen LogP contribution is -2.27. The van der Waals surface area contributed by atoms with E-state index in [0.717, 1.165) is 25.8 Å². The van der Waals surface area contributed by atoms with Crippen LogP contribution in [-0.4, -0.2) is 30.4 Å². The third-order valence-corrected chi connectivity index (χ3v) is 7.60. The second-order valence-electron chi connectivity index (χ2n) is 10.6. The maximum Gasteiger partial charge on any atom is 0.209 e. The van der Waals surface area contributed by atoms with Gasteiger partial charge < -0.3 is 4.90 Å². The quantitative estimate of drug-likeness (QED) is 0.166. The van der Waals surface area contributed by atoms with Crippen LogP contribution in [0.25, 0.3) is 0 Å². The van der Waals surface area contributed by atoms with Gasteiger partial charge in [0, 0.05) is 41.1 Å². The predicted molar refractivity (Wildman–Crippen MR) is 148 cm³/mol. The lowest BCUT2D eigenvalue weighted by atomic mass is 9.81. The monoisotopic (exact) mass is 468 g/mol. The zero-order valence-corrected chi connectivity index (χ0v) is 21.8. The molecule has 2 aliphatic rings. The zero-order chi connectivity index (χ0) is 25.1. The Labute approximate surface area is 210 Å². The van der Waals surface area contributed by atoms with Gasteiger partial charge in [0.2, 0.25) is 5.69 Å². The van der Waals surface area contributed by atoms with Crippen LogP contribution in [0.3, 0.4) is 0 Å². The molecule has 2 aliphatic heterocycles. The molecule has 0 atom stereocenters. The van der Waals surface area contributed by atoms with Crippen LogP contribution in [0.2, 0.25) is 0 Å². The number of para-hydroxylation sites is 2. The molecule has 0 bridgehead atoms. The highest BCUT2D eigenvalue weighted by Crippen LogP contribution is 2.47. The summed E-state index contributed by atoms with van der Waals surface area (Å²) in [6.07, 6.45) is 13.9. The van der Waals surface area contributed by atoms with Gasteiger partial charge in [-0.2, -0.15) is 9.48 Å². The number of allylic oxidation sites excluding steroid dienone is 6. The maximum absolute atomic E-state index is 10.4. The van der Waals surface area contributed by atoms with Crippen molar-refractivity contribution in [2.45, 2.75) is 57.8 Å². The highest BCUT2D eigenvalue weighted by atomic mass is 16.3. The van der Waals surface area contributed by atoms with E-state index >= 15 is 0 Å². The van der Waals surface area contributed by atoms with E-state index in [1.165, 1.54) is 33.9 Å².